The molecule has 1 aromatic rings. The molecule has 0 amide bonds. The number of rotatable bonds is 7. The molecule has 5 N–H and O–H groups in total. The molecule has 0 heterocycles. The lowest BCUT2D eigenvalue weighted by Crippen LogP contribution is -2.18. The number of nitrogens with zero attached hydrogens (tertiary/aromatic N) is 1. The Morgan fingerprint density at radius 1 is 1.31 bits per heavy atom. The smallest absolute Gasteiger partial charge is 0.383 e. The van der Waals surface area contributed by atoms with Crippen LogP contribution in [0, 0.1) is 0 Å². The molecule has 26 heavy (non-hydrogen) atoms. The number of amidine groups is 1. The molecule has 4 nitrogen and oxygen atoms in total. The molecule has 0 unspecified atom stereocenters. The van der Waals surface area contributed by atoms with Crippen LogP contribution < -0.4 is 16.8 Å². The Morgan fingerprint density at radius 3 is 2.31 bits per heavy atom. The molecule has 0 spiro atoms. The number of allylic oxidation sites excluding steroid dienone is 1. The van der Waals surface area contributed by atoms with Gasteiger partial charge in [0.15, 0.2) is 0 Å². The zero-order chi connectivity index (χ0) is 19.9. The van der Waals surface area contributed by atoms with E-state index in [0.717, 1.165) is 12.1 Å². The number of benzene rings is 1. The van der Waals surface area contributed by atoms with Gasteiger partial charge in [-0.05, 0) is 37.3 Å². The van der Waals surface area contributed by atoms with Crippen molar-refractivity contribution in [3.63, 3.8) is 0 Å². The second kappa shape index (κ2) is 9.40. The van der Waals surface area contributed by atoms with Gasteiger partial charge in [-0.2, -0.15) is 13.2 Å². The van der Waals surface area contributed by atoms with Gasteiger partial charge in [-0.3, -0.25) is 0 Å². The summed E-state index contributed by atoms with van der Waals surface area (Å²) in [4.78, 5) is 4.04. The molecular weight excluding hydrogens is 372 g/mol. The minimum atomic E-state index is -4.40. The Bertz CT molecular complexity index is 730. The minimum Gasteiger partial charge on any atom is -0.383 e. The fourth-order valence-corrected chi connectivity index (χ4v) is 2.00. The number of hydrogen-bond acceptors (Lipinski definition) is 3. The van der Waals surface area contributed by atoms with E-state index in [2.05, 4.69) is 16.9 Å². The van der Waals surface area contributed by atoms with Crippen molar-refractivity contribution < 1.29 is 17.6 Å². The van der Waals surface area contributed by atoms with Crippen molar-refractivity contribution in [2.45, 2.75) is 13.1 Å². The van der Waals surface area contributed by atoms with Crippen molar-refractivity contribution in [1.29, 1.82) is 0 Å². The van der Waals surface area contributed by atoms with E-state index < -0.39 is 17.6 Å². The van der Waals surface area contributed by atoms with Crippen LogP contribution in [0.2, 0.25) is 0 Å². The number of nitrogens with two attached hydrogens (primary N) is 2. The number of alkyl halides is 3. The maximum absolute atomic E-state index is 13.3. The summed E-state index contributed by atoms with van der Waals surface area (Å²) in [6.45, 7) is 4.60. The molecule has 0 aliphatic heterocycles. The third kappa shape index (κ3) is 6.53. The van der Waals surface area contributed by atoms with Crippen LogP contribution in [-0.4, -0.2) is 19.0 Å². The van der Waals surface area contributed by atoms with Crippen molar-refractivity contribution >= 4 is 23.1 Å². The van der Waals surface area contributed by atoms with Gasteiger partial charge >= 0.3 is 6.18 Å². The van der Waals surface area contributed by atoms with Gasteiger partial charge in [0.1, 0.15) is 18.3 Å². The van der Waals surface area contributed by atoms with Crippen LogP contribution in [0.4, 0.5) is 23.2 Å². The van der Waals surface area contributed by atoms with Crippen LogP contribution in [0.3, 0.4) is 0 Å². The molecule has 1 aromatic carbocycles. The van der Waals surface area contributed by atoms with Gasteiger partial charge in [0.05, 0.1) is 5.56 Å². The Hall–Kier alpha value is -2.32. The lowest BCUT2D eigenvalue weighted by Gasteiger charge is -2.10. The van der Waals surface area contributed by atoms with Gasteiger partial charge in [-0.1, -0.05) is 18.2 Å². The SMILES string of the molecule is C=C(F)/C(=C\C(C(N)=NCNc1ccc(C(F)(F)F)cc1)=C(C)Cl)CN. The van der Waals surface area contributed by atoms with Gasteiger partial charge in [-0.25, -0.2) is 9.38 Å². The van der Waals surface area contributed by atoms with E-state index >= 15 is 0 Å². The fourth-order valence-electron chi connectivity index (χ4n) is 1.85. The van der Waals surface area contributed by atoms with Crippen molar-refractivity contribution in [2.75, 3.05) is 18.5 Å². The van der Waals surface area contributed by atoms with Crippen molar-refractivity contribution in [3.8, 4) is 0 Å². The normalized spacial score (nSPS) is 14.1. The summed E-state index contributed by atoms with van der Waals surface area (Å²) in [6.07, 6.45) is -3.05. The summed E-state index contributed by atoms with van der Waals surface area (Å²) in [6, 6.07) is 4.45. The number of nitrogens with one attached hydrogen (secondary N) is 1. The number of aliphatic imine (C=N–C) groups is 1. The average Bonchev–Trinajstić information content (AvgIpc) is 2.54. The van der Waals surface area contributed by atoms with Gasteiger partial charge < -0.3 is 16.8 Å². The topological polar surface area (TPSA) is 76.4 Å². The lowest BCUT2D eigenvalue weighted by atomic mass is 10.1. The summed E-state index contributed by atoms with van der Waals surface area (Å²) in [5.41, 5.74) is 11.4. The monoisotopic (exact) mass is 390 g/mol. The molecule has 1 rings (SSSR count). The molecule has 0 fully saturated rings. The largest absolute Gasteiger partial charge is 0.416 e. The van der Waals surface area contributed by atoms with Gasteiger partial charge in [0, 0.05) is 28.4 Å². The highest BCUT2D eigenvalue weighted by molar-refractivity contribution is 6.32. The summed E-state index contributed by atoms with van der Waals surface area (Å²) < 4.78 is 50.8. The first-order valence-corrected chi connectivity index (χ1v) is 7.77. The first kappa shape index (κ1) is 21.7. The van der Waals surface area contributed by atoms with E-state index in [9.17, 15) is 17.6 Å². The molecule has 0 bridgehead atoms. The minimum absolute atomic E-state index is 0.0177. The standard InChI is InChI=1S/C17H19ClF4N4/c1-10(18)15(7-12(8-23)11(2)19)16(24)26-9-25-14-5-3-13(4-6-14)17(20,21)22/h3-7,25H,2,8-9,23H2,1H3,(H2,24,26)/b12-7-,15-10?. The van der Waals surface area contributed by atoms with Crippen molar-refractivity contribution in [1.82, 2.24) is 0 Å². The van der Waals surface area contributed by atoms with Crippen LogP contribution in [0.15, 0.2) is 63.9 Å². The van der Waals surface area contributed by atoms with Crippen molar-refractivity contribution in [3.05, 3.63) is 64.5 Å². The van der Waals surface area contributed by atoms with Gasteiger partial charge in [-0.15, -0.1) is 0 Å². The highest BCUT2D eigenvalue weighted by Gasteiger charge is 2.29. The van der Waals surface area contributed by atoms with E-state index in [4.69, 9.17) is 23.1 Å². The number of anilines is 1. The summed E-state index contributed by atoms with van der Waals surface area (Å²) in [5.74, 6) is -0.692. The summed E-state index contributed by atoms with van der Waals surface area (Å²) in [7, 11) is 0. The molecule has 9 heteroatoms. The molecule has 0 atom stereocenters. The summed E-state index contributed by atoms with van der Waals surface area (Å²) >= 11 is 5.95. The maximum atomic E-state index is 13.3. The first-order chi connectivity index (χ1) is 12.1. The number of hydrogen-bond donors (Lipinski definition) is 3. The zero-order valence-corrected chi connectivity index (χ0v) is 14.8. The predicted octanol–water partition coefficient (Wildman–Crippen LogP) is 4.31. The highest BCUT2D eigenvalue weighted by Crippen LogP contribution is 2.29. The third-order valence-corrected chi connectivity index (χ3v) is 3.48. The highest BCUT2D eigenvalue weighted by atomic mass is 35.5. The quantitative estimate of drug-likeness (QED) is 0.281. The van der Waals surface area contributed by atoms with E-state index in [1.54, 1.807) is 6.92 Å². The van der Waals surface area contributed by atoms with E-state index in [0.29, 0.717) is 5.69 Å². The average molecular weight is 391 g/mol. The Labute approximate surface area is 153 Å². The van der Waals surface area contributed by atoms with Crippen LogP contribution in [0.1, 0.15) is 12.5 Å². The fraction of sp³-hybridized carbons (Fsp3) is 0.235. The second-order valence-electron chi connectivity index (χ2n) is 5.18. The van der Waals surface area contributed by atoms with E-state index in [-0.39, 0.29) is 35.2 Å². The maximum Gasteiger partial charge on any atom is 0.416 e. The molecule has 142 valence electrons. The third-order valence-electron chi connectivity index (χ3n) is 3.28. The Kier molecular flexibility index (Phi) is 7.85. The Balaban J connectivity index is 2.86. The molecule has 0 aliphatic rings. The van der Waals surface area contributed by atoms with Crippen LogP contribution >= 0.6 is 11.6 Å². The first-order valence-electron chi connectivity index (χ1n) is 7.39. The number of halogens is 5. The van der Waals surface area contributed by atoms with Crippen LogP contribution in [-0.2, 0) is 6.18 Å². The molecule has 0 aliphatic carbocycles. The molecule has 0 saturated heterocycles. The molecule has 0 aromatic heterocycles. The van der Waals surface area contributed by atoms with E-state index in [1.165, 1.54) is 18.2 Å². The van der Waals surface area contributed by atoms with Gasteiger partial charge in [0.25, 0.3) is 0 Å². The zero-order valence-electron chi connectivity index (χ0n) is 14.0. The molecular formula is C17H19ClF4N4. The molecule has 0 saturated carbocycles. The second-order valence-corrected chi connectivity index (χ2v) is 5.75. The van der Waals surface area contributed by atoms with Gasteiger partial charge in [0.2, 0.25) is 0 Å². The lowest BCUT2D eigenvalue weighted by molar-refractivity contribution is -0.137. The molecule has 0 radical (unpaired) electrons. The Morgan fingerprint density at radius 2 is 1.88 bits per heavy atom. The predicted molar refractivity (Wildman–Crippen MR) is 97.5 cm³/mol. The van der Waals surface area contributed by atoms with Crippen LogP contribution in [0.25, 0.3) is 0 Å². The van der Waals surface area contributed by atoms with Crippen LogP contribution in [0.5, 0.6) is 0 Å². The summed E-state index contributed by atoms with van der Waals surface area (Å²) in [5, 5.41) is 3.07. The van der Waals surface area contributed by atoms with Crippen molar-refractivity contribution in [2.24, 2.45) is 16.5 Å². The van der Waals surface area contributed by atoms with E-state index in [1.807, 2.05) is 0 Å².